The minimum absolute atomic E-state index is 0.165. The van der Waals surface area contributed by atoms with Crippen LogP contribution in [0.1, 0.15) is 5.56 Å². The predicted molar refractivity (Wildman–Crippen MR) is 67.9 cm³/mol. The van der Waals surface area contributed by atoms with E-state index >= 15 is 0 Å². The zero-order valence-electron chi connectivity index (χ0n) is 10.3. The largest absolute Gasteiger partial charge is 0.350 e. The summed E-state index contributed by atoms with van der Waals surface area (Å²) in [5.41, 5.74) is 1.69. The monoisotopic (exact) mass is 256 g/mol. The molecule has 0 radical (unpaired) electrons. The van der Waals surface area contributed by atoms with Crippen LogP contribution in [0.15, 0.2) is 47.8 Å². The zero-order valence-corrected chi connectivity index (χ0v) is 10.3. The lowest BCUT2D eigenvalue weighted by molar-refractivity contribution is 0.591. The Labute approximate surface area is 108 Å². The van der Waals surface area contributed by atoms with Crippen LogP contribution in [0.25, 0.3) is 5.69 Å². The van der Waals surface area contributed by atoms with Gasteiger partial charge in [-0.3, -0.25) is 0 Å². The lowest BCUT2D eigenvalue weighted by Gasteiger charge is -2.03. The molecule has 0 unspecified atom stereocenters. The van der Waals surface area contributed by atoms with E-state index in [-0.39, 0.29) is 5.69 Å². The molecule has 0 fully saturated rings. The van der Waals surface area contributed by atoms with E-state index in [9.17, 15) is 4.79 Å². The first-order chi connectivity index (χ1) is 9.24. The molecule has 0 atom stereocenters. The zero-order chi connectivity index (χ0) is 13.2. The lowest BCUT2D eigenvalue weighted by Crippen LogP contribution is -2.21. The molecule has 2 aromatic heterocycles. The Balaban J connectivity index is 1.87. The van der Waals surface area contributed by atoms with Gasteiger partial charge in [-0.25, -0.2) is 14.0 Å². The fourth-order valence-corrected chi connectivity index (χ4v) is 1.81. The molecule has 1 aromatic carbocycles. The molecule has 3 rings (SSSR count). The van der Waals surface area contributed by atoms with E-state index in [2.05, 4.69) is 15.3 Å². The van der Waals surface area contributed by atoms with Gasteiger partial charge in [-0.1, -0.05) is 12.1 Å². The number of aryl methyl sites for hydroxylation is 1. The van der Waals surface area contributed by atoms with Crippen molar-refractivity contribution in [3.63, 3.8) is 0 Å². The maximum Gasteiger partial charge on any atom is 0.350 e. The van der Waals surface area contributed by atoms with Crippen LogP contribution in [0.4, 0.5) is 0 Å². The first-order valence-electron chi connectivity index (χ1n) is 5.78. The highest BCUT2D eigenvalue weighted by Gasteiger charge is 2.04. The molecule has 0 saturated carbocycles. The molecule has 3 aromatic rings. The predicted octanol–water partition coefficient (Wildman–Crippen LogP) is 0.211. The molecular weight excluding hydrogens is 244 g/mol. The fraction of sp³-hybridized carbons (Fsp3) is 0.167. The maximum absolute atomic E-state index is 11.7. The number of aromatic nitrogens is 6. The number of hydrogen-bond donors (Lipinski definition) is 0. The molecule has 2 heterocycles. The normalized spacial score (nSPS) is 10.8. The van der Waals surface area contributed by atoms with Crippen LogP contribution in [-0.4, -0.2) is 29.3 Å². The van der Waals surface area contributed by atoms with Gasteiger partial charge >= 0.3 is 5.69 Å². The molecule has 0 N–H and O–H groups in total. The number of rotatable bonds is 3. The van der Waals surface area contributed by atoms with Crippen LogP contribution in [0.3, 0.4) is 0 Å². The summed E-state index contributed by atoms with van der Waals surface area (Å²) in [6.45, 7) is 0.606. The van der Waals surface area contributed by atoms with Crippen LogP contribution < -0.4 is 5.69 Å². The topological polar surface area (TPSA) is 70.5 Å². The van der Waals surface area contributed by atoms with Crippen molar-refractivity contribution in [2.75, 3.05) is 0 Å². The summed E-state index contributed by atoms with van der Waals surface area (Å²) >= 11 is 0. The summed E-state index contributed by atoms with van der Waals surface area (Å²) in [6.07, 6.45) is 4.79. The molecule has 0 aliphatic rings. The second kappa shape index (κ2) is 4.52. The third-order valence-electron chi connectivity index (χ3n) is 2.83. The second-order valence-corrected chi connectivity index (χ2v) is 4.13. The van der Waals surface area contributed by atoms with Gasteiger partial charge in [0.2, 0.25) is 0 Å². The summed E-state index contributed by atoms with van der Waals surface area (Å²) in [7, 11) is 1.62. The summed E-state index contributed by atoms with van der Waals surface area (Å²) in [4.78, 5) is 13.4. The van der Waals surface area contributed by atoms with Crippen LogP contribution >= 0.6 is 0 Å². The van der Waals surface area contributed by atoms with Crippen molar-refractivity contribution in [3.8, 4) is 5.69 Å². The van der Waals surface area contributed by atoms with Crippen LogP contribution in [0.2, 0.25) is 0 Å². The van der Waals surface area contributed by atoms with Crippen molar-refractivity contribution in [1.82, 2.24) is 29.3 Å². The van der Waals surface area contributed by atoms with Crippen molar-refractivity contribution in [1.29, 1.82) is 0 Å². The fourth-order valence-electron chi connectivity index (χ4n) is 1.81. The molecule has 96 valence electrons. The number of benzene rings is 1. The Bertz CT molecular complexity index is 722. The standard InChI is InChI=1S/C12H12N6O/c1-16-12(19)17(9-15-16)11-4-2-10(3-5-11)8-18-13-6-7-14-18/h2-7,9H,8H2,1H3. The molecule has 19 heavy (non-hydrogen) atoms. The van der Waals surface area contributed by atoms with E-state index in [0.717, 1.165) is 11.3 Å². The van der Waals surface area contributed by atoms with Crippen molar-refractivity contribution < 1.29 is 0 Å². The highest BCUT2D eigenvalue weighted by Crippen LogP contribution is 2.08. The Morgan fingerprint density at radius 3 is 2.32 bits per heavy atom. The third kappa shape index (κ3) is 2.17. The van der Waals surface area contributed by atoms with Gasteiger partial charge in [-0.05, 0) is 17.7 Å². The second-order valence-electron chi connectivity index (χ2n) is 4.13. The van der Waals surface area contributed by atoms with E-state index in [1.54, 1.807) is 24.2 Å². The molecule has 0 bridgehead atoms. The summed E-state index contributed by atoms with van der Waals surface area (Å²) in [6, 6.07) is 7.64. The van der Waals surface area contributed by atoms with Crippen molar-refractivity contribution in [2.45, 2.75) is 6.54 Å². The molecule has 7 nitrogen and oxygen atoms in total. The molecule has 0 amide bonds. The molecule has 0 spiro atoms. The number of nitrogens with zero attached hydrogens (tertiary/aromatic N) is 6. The summed E-state index contributed by atoms with van der Waals surface area (Å²) < 4.78 is 2.79. The van der Waals surface area contributed by atoms with Gasteiger partial charge in [0.25, 0.3) is 0 Å². The Hall–Kier alpha value is -2.70. The van der Waals surface area contributed by atoms with Crippen molar-refractivity contribution in [3.05, 3.63) is 59.0 Å². The highest BCUT2D eigenvalue weighted by atomic mass is 16.2. The Morgan fingerprint density at radius 1 is 1.05 bits per heavy atom. The first kappa shape index (κ1) is 11.4. The van der Waals surface area contributed by atoms with Crippen molar-refractivity contribution in [2.24, 2.45) is 7.05 Å². The minimum atomic E-state index is -0.165. The highest BCUT2D eigenvalue weighted by molar-refractivity contribution is 5.34. The van der Waals surface area contributed by atoms with E-state index in [1.165, 1.54) is 15.6 Å². The van der Waals surface area contributed by atoms with Gasteiger partial charge in [0.05, 0.1) is 24.6 Å². The van der Waals surface area contributed by atoms with E-state index in [1.807, 2.05) is 24.3 Å². The van der Waals surface area contributed by atoms with Gasteiger partial charge in [0.15, 0.2) is 0 Å². The van der Waals surface area contributed by atoms with Gasteiger partial charge in [-0.15, -0.1) is 0 Å². The molecule has 7 heteroatoms. The summed E-state index contributed by atoms with van der Waals surface area (Å²) in [5.74, 6) is 0. The smallest absolute Gasteiger partial charge is 0.250 e. The lowest BCUT2D eigenvalue weighted by atomic mass is 10.2. The summed E-state index contributed by atoms with van der Waals surface area (Å²) in [5, 5.41) is 12.0. The average Bonchev–Trinajstić information content (AvgIpc) is 3.03. The first-order valence-corrected chi connectivity index (χ1v) is 5.78. The minimum Gasteiger partial charge on any atom is -0.250 e. The Kier molecular flexibility index (Phi) is 2.71. The third-order valence-corrected chi connectivity index (χ3v) is 2.83. The maximum atomic E-state index is 11.7. The van der Waals surface area contributed by atoms with Crippen LogP contribution in [0, 0.1) is 0 Å². The van der Waals surface area contributed by atoms with E-state index < -0.39 is 0 Å². The van der Waals surface area contributed by atoms with Crippen LogP contribution in [0.5, 0.6) is 0 Å². The molecule has 0 saturated heterocycles. The van der Waals surface area contributed by atoms with Gasteiger partial charge < -0.3 is 0 Å². The molecular formula is C12H12N6O. The molecule has 0 aliphatic carbocycles. The number of hydrogen-bond acceptors (Lipinski definition) is 4. The quantitative estimate of drug-likeness (QED) is 0.671. The van der Waals surface area contributed by atoms with E-state index in [0.29, 0.717) is 6.54 Å². The SMILES string of the molecule is Cn1ncn(-c2ccc(Cn3nccn3)cc2)c1=O. The van der Waals surface area contributed by atoms with Gasteiger partial charge in [0, 0.05) is 7.05 Å². The average molecular weight is 256 g/mol. The van der Waals surface area contributed by atoms with Gasteiger partial charge in [0.1, 0.15) is 6.33 Å². The van der Waals surface area contributed by atoms with Crippen molar-refractivity contribution >= 4 is 0 Å². The van der Waals surface area contributed by atoms with Gasteiger partial charge in [-0.2, -0.15) is 20.1 Å². The van der Waals surface area contributed by atoms with Crippen LogP contribution in [-0.2, 0) is 13.6 Å². The van der Waals surface area contributed by atoms with E-state index in [4.69, 9.17) is 0 Å². The molecule has 0 aliphatic heterocycles. The Morgan fingerprint density at radius 2 is 1.74 bits per heavy atom.